The zero-order valence-electron chi connectivity index (χ0n) is 12.6. The van der Waals surface area contributed by atoms with Crippen LogP contribution in [0.4, 0.5) is 5.69 Å². The second-order valence-corrected chi connectivity index (χ2v) is 6.68. The second kappa shape index (κ2) is 7.79. The predicted octanol–water partition coefficient (Wildman–Crippen LogP) is 4.10. The Hall–Kier alpha value is -1.60. The van der Waals surface area contributed by atoms with E-state index in [-0.39, 0.29) is 12.0 Å². The summed E-state index contributed by atoms with van der Waals surface area (Å²) in [5, 5.41) is 2.90. The summed E-state index contributed by atoms with van der Waals surface area (Å²) in [5.41, 5.74) is 1.36. The van der Waals surface area contributed by atoms with Gasteiger partial charge in [0.05, 0.1) is 6.10 Å². The van der Waals surface area contributed by atoms with Gasteiger partial charge in [-0.2, -0.15) is 0 Å². The van der Waals surface area contributed by atoms with E-state index in [1.54, 1.807) is 12.1 Å². The minimum Gasteiger partial charge on any atom is -0.491 e. The summed E-state index contributed by atoms with van der Waals surface area (Å²) >= 11 is 2.22. The van der Waals surface area contributed by atoms with Crippen LogP contribution in [0.2, 0.25) is 0 Å². The van der Waals surface area contributed by atoms with Crippen LogP contribution in [0, 0.1) is 3.57 Å². The smallest absolute Gasteiger partial charge is 0.255 e. The van der Waals surface area contributed by atoms with Gasteiger partial charge >= 0.3 is 0 Å². The Bertz CT molecular complexity index is 683. The highest BCUT2D eigenvalue weighted by atomic mass is 127. The van der Waals surface area contributed by atoms with Gasteiger partial charge < -0.3 is 14.8 Å². The monoisotopic (exact) mass is 423 g/mol. The third-order valence-corrected chi connectivity index (χ3v) is 4.31. The molecular weight excluding hydrogens is 405 g/mol. The first-order valence-electron chi connectivity index (χ1n) is 7.62. The van der Waals surface area contributed by atoms with Crippen LogP contribution in [0.25, 0.3) is 0 Å². The number of benzene rings is 2. The molecule has 1 aliphatic rings. The van der Waals surface area contributed by atoms with Crippen LogP contribution in [-0.2, 0) is 4.74 Å². The summed E-state index contributed by atoms with van der Waals surface area (Å²) in [6, 6.07) is 14.9. The molecule has 1 atom stereocenters. The van der Waals surface area contributed by atoms with Crippen LogP contribution in [0.15, 0.2) is 48.5 Å². The summed E-state index contributed by atoms with van der Waals surface area (Å²) in [6.07, 6.45) is 2.29. The van der Waals surface area contributed by atoms with Crippen molar-refractivity contribution in [2.45, 2.75) is 18.9 Å². The molecule has 120 valence electrons. The van der Waals surface area contributed by atoms with Gasteiger partial charge in [0.25, 0.3) is 5.91 Å². The van der Waals surface area contributed by atoms with Gasteiger partial charge in [-0.25, -0.2) is 0 Å². The van der Waals surface area contributed by atoms with Crippen molar-refractivity contribution in [1.82, 2.24) is 0 Å². The Morgan fingerprint density at radius 1 is 1.26 bits per heavy atom. The molecule has 1 heterocycles. The zero-order valence-corrected chi connectivity index (χ0v) is 14.8. The van der Waals surface area contributed by atoms with Gasteiger partial charge in [-0.1, -0.05) is 12.1 Å². The average Bonchev–Trinajstić information content (AvgIpc) is 3.07. The van der Waals surface area contributed by atoms with E-state index < -0.39 is 0 Å². The first-order valence-corrected chi connectivity index (χ1v) is 8.70. The van der Waals surface area contributed by atoms with Gasteiger partial charge in [0.2, 0.25) is 0 Å². The standard InChI is InChI=1S/C18H18INO3/c19-14-5-2-6-15(11-14)20-18(21)13-4-1-7-16(10-13)23-12-17-8-3-9-22-17/h1-2,4-7,10-11,17H,3,8-9,12H2,(H,20,21). The molecule has 1 fully saturated rings. The number of nitrogens with one attached hydrogen (secondary N) is 1. The van der Waals surface area contributed by atoms with Gasteiger partial charge in [0, 0.05) is 21.4 Å². The number of carbonyl (C=O) groups is 1. The summed E-state index contributed by atoms with van der Waals surface area (Å²) in [6.45, 7) is 1.34. The highest BCUT2D eigenvalue weighted by Gasteiger charge is 2.16. The van der Waals surface area contributed by atoms with Crippen LogP contribution >= 0.6 is 22.6 Å². The molecule has 23 heavy (non-hydrogen) atoms. The minimum atomic E-state index is -0.144. The van der Waals surface area contributed by atoms with Crippen LogP contribution in [0.1, 0.15) is 23.2 Å². The molecule has 2 aromatic carbocycles. The number of hydrogen-bond acceptors (Lipinski definition) is 3. The number of halogens is 1. The van der Waals surface area contributed by atoms with Gasteiger partial charge in [-0.05, 0) is 71.8 Å². The number of ether oxygens (including phenoxy) is 2. The first-order chi connectivity index (χ1) is 11.2. The first kappa shape index (κ1) is 16.3. The molecule has 0 spiro atoms. The topological polar surface area (TPSA) is 47.6 Å². The van der Waals surface area contributed by atoms with E-state index in [1.807, 2.05) is 36.4 Å². The maximum absolute atomic E-state index is 12.3. The molecule has 1 aliphatic heterocycles. The molecule has 4 nitrogen and oxygen atoms in total. The Balaban J connectivity index is 1.62. The molecule has 0 bridgehead atoms. The van der Waals surface area contributed by atoms with E-state index in [9.17, 15) is 4.79 Å². The van der Waals surface area contributed by atoms with Crippen LogP contribution in [0.3, 0.4) is 0 Å². The molecule has 2 aromatic rings. The van der Waals surface area contributed by atoms with E-state index in [1.165, 1.54) is 0 Å². The van der Waals surface area contributed by atoms with Crippen LogP contribution < -0.4 is 10.1 Å². The van der Waals surface area contributed by atoms with Crippen molar-refractivity contribution < 1.29 is 14.3 Å². The molecule has 0 saturated carbocycles. The lowest BCUT2D eigenvalue weighted by atomic mass is 10.2. The second-order valence-electron chi connectivity index (χ2n) is 5.44. The van der Waals surface area contributed by atoms with E-state index in [4.69, 9.17) is 9.47 Å². The highest BCUT2D eigenvalue weighted by molar-refractivity contribution is 14.1. The SMILES string of the molecule is O=C(Nc1cccc(I)c1)c1cccc(OCC2CCCO2)c1. The van der Waals surface area contributed by atoms with Crippen LogP contribution in [-0.4, -0.2) is 25.2 Å². The lowest BCUT2D eigenvalue weighted by Gasteiger charge is -2.12. The van der Waals surface area contributed by atoms with Gasteiger partial charge in [-0.3, -0.25) is 4.79 Å². The Morgan fingerprint density at radius 2 is 2.13 bits per heavy atom. The molecule has 1 saturated heterocycles. The molecule has 3 rings (SSSR count). The average molecular weight is 423 g/mol. The fraction of sp³-hybridized carbons (Fsp3) is 0.278. The lowest BCUT2D eigenvalue weighted by Crippen LogP contribution is -2.17. The number of anilines is 1. The maximum Gasteiger partial charge on any atom is 0.255 e. The quantitative estimate of drug-likeness (QED) is 0.737. The van der Waals surface area contributed by atoms with Crippen molar-refractivity contribution in [3.63, 3.8) is 0 Å². The van der Waals surface area contributed by atoms with Gasteiger partial charge in [0.1, 0.15) is 12.4 Å². The lowest BCUT2D eigenvalue weighted by molar-refractivity contribution is 0.0679. The number of carbonyl (C=O) groups excluding carboxylic acids is 1. The zero-order chi connectivity index (χ0) is 16.1. The third-order valence-electron chi connectivity index (χ3n) is 3.64. The summed E-state index contributed by atoms with van der Waals surface area (Å²) in [7, 11) is 0. The van der Waals surface area contributed by atoms with E-state index in [2.05, 4.69) is 27.9 Å². The minimum absolute atomic E-state index is 0.144. The Kier molecular flexibility index (Phi) is 5.51. The Morgan fingerprint density at radius 3 is 2.91 bits per heavy atom. The number of rotatable bonds is 5. The molecule has 1 N–H and O–H groups in total. The van der Waals surface area contributed by atoms with Crippen molar-refractivity contribution in [2.75, 3.05) is 18.5 Å². The van der Waals surface area contributed by atoms with Crippen LogP contribution in [0.5, 0.6) is 5.75 Å². The third kappa shape index (κ3) is 4.68. The largest absolute Gasteiger partial charge is 0.491 e. The molecule has 5 heteroatoms. The van der Waals surface area contributed by atoms with Crippen molar-refractivity contribution in [3.8, 4) is 5.75 Å². The molecule has 0 aromatic heterocycles. The van der Waals surface area contributed by atoms with Crippen molar-refractivity contribution in [1.29, 1.82) is 0 Å². The molecule has 0 radical (unpaired) electrons. The highest BCUT2D eigenvalue weighted by Crippen LogP contribution is 2.19. The number of hydrogen-bond donors (Lipinski definition) is 1. The van der Waals surface area contributed by atoms with Crippen molar-refractivity contribution >= 4 is 34.2 Å². The fourth-order valence-electron chi connectivity index (χ4n) is 2.46. The van der Waals surface area contributed by atoms with Crippen molar-refractivity contribution in [3.05, 3.63) is 57.7 Å². The maximum atomic E-state index is 12.3. The summed E-state index contributed by atoms with van der Waals surface area (Å²) in [4.78, 5) is 12.3. The normalized spacial score (nSPS) is 17.0. The van der Waals surface area contributed by atoms with Crippen molar-refractivity contribution in [2.24, 2.45) is 0 Å². The van der Waals surface area contributed by atoms with E-state index in [0.29, 0.717) is 17.9 Å². The van der Waals surface area contributed by atoms with E-state index >= 15 is 0 Å². The summed E-state index contributed by atoms with van der Waals surface area (Å²) in [5.74, 6) is 0.547. The molecular formula is C18H18INO3. The predicted molar refractivity (Wildman–Crippen MR) is 98.0 cm³/mol. The fourth-order valence-corrected chi connectivity index (χ4v) is 3.00. The number of amides is 1. The molecule has 0 aliphatic carbocycles. The molecule has 1 unspecified atom stereocenters. The molecule has 1 amide bonds. The van der Waals surface area contributed by atoms with Gasteiger partial charge in [-0.15, -0.1) is 0 Å². The van der Waals surface area contributed by atoms with E-state index in [0.717, 1.165) is 28.7 Å². The Labute approximate surface area is 149 Å². The van der Waals surface area contributed by atoms with Gasteiger partial charge in [0.15, 0.2) is 0 Å². The summed E-state index contributed by atoms with van der Waals surface area (Å²) < 4.78 is 12.4.